The molecule has 1 nitrogen and oxygen atoms in total. The molecule has 0 bridgehead atoms. The SMILES string of the molecule is COc1ccc(Cc2ccccc2C)cc1. The maximum Gasteiger partial charge on any atom is 0.118 e. The topological polar surface area (TPSA) is 9.23 Å². The van der Waals surface area contributed by atoms with Crippen LogP contribution >= 0.6 is 0 Å². The van der Waals surface area contributed by atoms with Crippen molar-refractivity contribution in [1.82, 2.24) is 0 Å². The number of aryl methyl sites for hydroxylation is 1. The summed E-state index contributed by atoms with van der Waals surface area (Å²) in [4.78, 5) is 0. The van der Waals surface area contributed by atoms with Crippen LogP contribution < -0.4 is 4.74 Å². The Hall–Kier alpha value is -1.76. The minimum absolute atomic E-state index is 0.911. The fourth-order valence-electron chi connectivity index (χ4n) is 1.77. The van der Waals surface area contributed by atoms with Gasteiger partial charge in [0.15, 0.2) is 0 Å². The van der Waals surface area contributed by atoms with Crippen LogP contribution in [-0.2, 0) is 6.42 Å². The van der Waals surface area contributed by atoms with Crippen molar-refractivity contribution >= 4 is 0 Å². The van der Waals surface area contributed by atoms with E-state index in [-0.39, 0.29) is 0 Å². The minimum Gasteiger partial charge on any atom is -0.497 e. The van der Waals surface area contributed by atoms with E-state index in [1.807, 2.05) is 12.1 Å². The first-order valence-corrected chi connectivity index (χ1v) is 5.47. The molecule has 2 rings (SSSR count). The summed E-state index contributed by atoms with van der Waals surface area (Å²) in [6.45, 7) is 2.15. The monoisotopic (exact) mass is 212 g/mol. The van der Waals surface area contributed by atoms with E-state index in [2.05, 4.69) is 43.3 Å². The van der Waals surface area contributed by atoms with Crippen molar-refractivity contribution in [1.29, 1.82) is 0 Å². The molecule has 82 valence electrons. The molecule has 0 heterocycles. The second-order valence-corrected chi connectivity index (χ2v) is 3.95. The highest BCUT2D eigenvalue weighted by molar-refractivity contribution is 5.34. The average Bonchev–Trinajstić information content (AvgIpc) is 2.33. The standard InChI is InChI=1S/C15H16O/c1-12-5-3-4-6-14(12)11-13-7-9-15(16-2)10-8-13/h3-10H,11H2,1-2H3. The van der Waals surface area contributed by atoms with Crippen LogP contribution in [0.5, 0.6) is 5.75 Å². The Labute approximate surface area is 96.7 Å². The predicted octanol–water partition coefficient (Wildman–Crippen LogP) is 3.59. The summed E-state index contributed by atoms with van der Waals surface area (Å²) in [5.41, 5.74) is 4.04. The maximum atomic E-state index is 5.14. The van der Waals surface area contributed by atoms with E-state index in [0.717, 1.165) is 12.2 Å². The Balaban J connectivity index is 2.18. The summed E-state index contributed by atoms with van der Waals surface area (Å²) in [5, 5.41) is 0. The maximum absolute atomic E-state index is 5.14. The van der Waals surface area contributed by atoms with Gasteiger partial charge in [0.2, 0.25) is 0 Å². The van der Waals surface area contributed by atoms with Crippen LogP contribution in [0.2, 0.25) is 0 Å². The van der Waals surface area contributed by atoms with Gasteiger partial charge < -0.3 is 4.74 Å². The normalized spacial score (nSPS) is 10.1. The Bertz CT molecular complexity index is 457. The highest BCUT2D eigenvalue weighted by Gasteiger charge is 1.99. The van der Waals surface area contributed by atoms with E-state index in [4.69, 9.17) is 4.74 Å². The molecular formula is C15H16O. The lowest BCUT2D eigenvalue weighted by atomic mass is 10.0. The third-order valence-corrected chi connectivity index (χ3v) is 2.81. The Morgan fingerprint density at radius 1 is 0.938 bits per heavy atom. The van der Waals surface area contributed by atoms with E-state index < -0.39 is 0 Å². The van der Waals surface area contributed by atoms with Gasteiger partial charge in [-0.15, -0.1) is 0 Å². The molecule has 2 aromatic carbocycles. The zero-order chi connectivity index (χ0) is 11.4. The number of benzene rings is 2. The van der Waals surface area contributed by atoms with E-state index in [0.29, 0.717) is 0 Å². The van der Waals surface area contributed by atoms with Crippen molar-refractivity contribution in [3.8, 4) is 5.75 Å². The molecule has 2 aromatic rings. The molecule has 0 aromatic heterocycles. The molecule has 16 heavy (non-hydrogen) atoms. The quantitative estimate of drug-likeness (QED) is 0.755. The number of ether oxygens (including phenoxy) is 1. The molecule has 0 spiro atoms. The number of hydrogen-bond acceptors (Lipinski definition) is 1. The van der Waals surface area contributed by atoms with Crippen LogP contribution in [-0.4, -0.2) is 7.11 Å². The third-order valence-electron chi connectivity index (χ3n) is 2.81. The molecule has 0 aliphatic heterocycles. The third kappa shape index (κ3) is 2.43. The molecule has 0 N–H and O–H groups in total. The summed E-state index contributed by atoms with van der Waals surface area (Å²) in [6, 6.07) is 16.7. The largest absolute Gasteiger partial charge is 0.497 e. The fourth-order valence-corrected chi connectivity index (χ4v) is 1.77. The van der Waals surface area contributed by atoms with Gasteiger partial charge in [0.05, 0.1) is 7.11 Å². The summed E-state index contributed by atoms with van der Waals surface area (Å²) < 4.78 is 5.14. The van der Waals surface area contributed by atoms with E-state index in [9.17, 15) is 0 Å². The molecule has 0 saturated heterocycles. The van der Waals surface area contributed by atoms with Gasteiger partial charge >= 0.3 is 0 Å². The van der Waals surface area contributed by atoms with Crippen molar-refractivity contribution in [2.45, 2.75) is 13.3 Å². The van der Waals surface area contributed by atoms with Gasteiger partial charge in [-0.3, -0.25) is 0 Å². The Kier molecular flexibility index (Phi) is 3.25. The lowest BCUT2D eigenvalue weighted by molar-refractivity contribution is 0.414. The van der Waals surface area contributed by atoms with E-state index in [1.165, 1.54) is 16.7 Å². The number of rotatable bonds is 3. The smallest absolute Gasteiger partial charge is 0.118 e. The van der Waals surface area contributed by atoms with Crippen LogP contribution in [0.25, 0.3) is 0 Å². The average molecular weight is 212 g/mol. The van der Waals surface area contributed by atoms with Crippen LogP contribution in [0.3, 0.4) is 0 Å². The molecule has 0 aliphatic carbocycles. The highest BCUT2D eigenvalue weighted by Crippen LogP contribution is 2.16. The van der Waals surface area contributed by atoms with Crippen molar-refractivity contribution < 1.29 is 4.74 Å². The zero-order valence-electron chi connectivity index (χ0n) is 9.73. The van der Waals surface area contributed by atoms with E-state index in [1.54, 1.807) is 7.11 Å². The zero-order valence-corrected chi connectivity index (χ0v) is 9.73. The number of methoxy groups -OCH3 is 1. The molecule has 0 saturated carbocycles. The Morgan fingerprint density at radius 2 is 1.62 bits per heavy atom. The van der Waals surface area contributed by atoms with Crippen molar-refractivity contribution in [2.75, 3.05) is 7.11 Å². The van der Waals surface area contributed by atoms with Gasteiger partial charge in [-0.25, -0.2) is 0 Å². The van der Waals surface area contributed by atoms with Crippen LogP contribution in [0.15, 0.2) is 48.5 Å². The fraction of sp³-hybridized carbons (Fsp3) is 0.200. The molecule has 1 heteroatoms. The molecule has 0 amide bonds. The molecule has 0 unspecified atom stereocenters. The first-order chi connectivity index (χ1) is 7.79. The van der Waals surface area contributed by atoms with Crippen LogP contribution in [0.1, 0.15) is 16.7 Å². The second-order valence-electron chi connectivity index (χ2n) is 3.95. The highest BCUT2D eigenvalue weighted by atomic mass is 16.5. The second kappa shape index (κ2) is 4.84. The van der Waals surface area contributed by atoms with Crippen molar-refractivity contribution in [2.24, 2.45) is 0 Å². The minimum atomic E-state index is 0.911. The van der Waals surface area contributed by atoms with Crippen molar-refractivity contribution in [3.63, 3.8) is 0 Å². The molecule has 0 radical (unpaired) electrons. The summed E-state index contributed by atoms with van der Waals surface area (Å²) in [7, 11) is 1.69. The molecular weight excluding hydrogens is 196 g/mol. The van der Waals surface area contributed by atoms with E-state index >= 15 is 0 Å². The van der Waals surface area contributed by atoms with Gasteiger partial charge in [-0.1, -0.05) is 36.4 Å². The van der Waals surface area contributed by atoms with Gasteiger partial charge in [-0.05, 0) is 42.2 Å². The van der Waals surface area contributed by atoms with Gasteiger partial charge in [0.1, 0.15) is 5.75 Å². The van der Waals surface area contributed by atoms with Gasteiger partial charge in [-0.2, -0.15) is 0 Å². The van der Waals surface area contributed by atoms with Gasteiger partial charge in [0, 0.05) is 0 Å². The van der Waals surface area contributed by atoms with Crippen LogP contribution in [0.4, 0.5) is 0 Å². The summed E-state index contributed by atoms with van der Waals surface area (Å²) >= 11 is 0. The lowest BCUT2D eigenvalue weighted by Gasteiger charge is -2.06. The molecule has 0 atom stereocenters. The molecule has 0 fully saturated rings. The van der Waals surface area contributed by atoms with Gasteiger partial charge in [0.25, 0.3) is 0 Å². The Morgan fingerprint density at radius 3 is 2.25 bits per heavy atom. The van der Waals surface area contributed by atoms with Crippen LogP contribution in [0, 0.1) is 6.92 Å². The number of hydrogen-bond donors (Lipinski definition) is 0. The predicted molar refractivity (Wildman–Crippen MR) is 67.0 cm³/mol. The van der Waals surface area contributed by atoms with Crippen molar-refractivity contribution in [3.05, 3.63) is 65.2 Å². The molecule has 0 aliphatic rings. The first kappa shape index (κ1) is 10.7. The summed E-state index contributed by atoms with van der Waals surface area (Å²) in [6.07, 6.45) is 0.983. The lowest BCUT2D eigenvalue weighted by Crippen LogP contribution is -1.91. The first-order valence-electron chi connectivity index (χ1n) is 5.47. The summed E-state index contributed by atoms with van der Waals surface area (Å²) in [5.74, 6) is 0.911.